The highest BCUT2D eigenvalue weighted by Gasteiger charge is 2.06. The van der Waals surface area contributed by atoms with Crippen molar-refractivity contribution in [1.82, 2.24) is 0 Å². The number of allylic oxidation sites excluding steroid dienone is 1. The van der Waals surface area contributed by atoms with E-state index in [4.69, 9.17) is 5.73 Å². The predicted molar refractivity (Wildman–Crippen MR) is 60.3 cm³/mol. The summed E-state index contributed by atoms with van der Waals surface area (Å²) in [5.74, 6) is 0. The van der Waals surface area contributed by atoms with Gasteiger partial charge in [-0.15, -0.1) is 0 Å². The number of benzene rings is 1. The van der Waals surface area contributed by atoms with Crippen molar-refractivity contribution in [3.63, 3.8) is 0 Å². The van der Waals surface area contributed by atoms with Gasteiger partial charge in [-0.05, 0) is 6.07 Å². The van der Waals surface area contributed by atoms with Gasteiger partial charge in [-0.2, -0.15) is 0 Å². The Morgan fingerprint density at radius 2 is 2.29 bits per heavy atom. The van der Waals surface area contributed by atoms with Crippen LogP contribution in [-0.2, 0) is 0 Å². The number of rotatable bonds is 3. The average Bonchev–Trinajstić information content (AvgIpc) is 2.16. The highest BCUT2D eigenvalue weighted by molar-refractivity contribution is 9.09. The lowest BCUT2D eigenvalue weighted by atomic mass is 10.1. The number of nitro groups is 1. The van der Waals surface area contributed by atoms with Crippen LogP contribution in [0.5, 0.6) is 0 Å². The highest BCUT2D eigenvalue weighted by Crippen LogP contribution is 2.20. The molecule has 0 fully saturated rings. The molecule has 0 aliphatic rings. The van der Waals surface area contributed by atoms with Gasteiger partial charge < -0.3 is 5.73 Å². The van der Waals surface area contributed by atoms with Gasteiger partial charge in [0.25, 0.3) is 5.69 Å². The van der Waals surface area contributed by atoms with Crippen molar-refractivity contribution in [3.8, 4) is 0 Å². The Labute approximate surface area is 89.7 Å². The van der Waals surface area contributed by atoms with Crippen LogP contribution in [0.15, 0.2) is 24.3 Å². The summed E-state index contributed by atoms with van der Waals surface area (Å²) in [7, 11) is 0. The van der Waals surface area contributed by atoms with Crippen LogP contribution in [0.1, 0.15) is 5.56 Å². The van der Waals surface area contributed by atoms with Crippen molar-refractivity contribution >= 4 is 33.4 Å². The first kappa shape index (κ1) is 10.7. The molecule has 1 rings (SSSR count). The molecule has 14 heavy (non-hydrogen) atoms. The minimum atomic E-state index is -0.440. The van der Waals surface area contributed by atoms with Gasteiger partial charge in [0.15, 0.2) is 0 Å². The zero-order valence-corrected chi connectivity index (χ0v) is 8.90. The van der Waals surface area contributed by atoms with E-state index in [1.165, 1.54) is 18.2 Å². The maximum absolute atomic E-state index is 10.5. The van der Waals surface area contributed by atoms with Crippen LogP contribution in [-0.4, -0.2) is 10.3 Å². The van der Waals surface area contributed by atoms with E-state index in [0.717, 1.165) is 0 Å². The normalized spacial score (nSPS) is 10.6. The number of nitro benzene ring substituents is 1. The number of nitrogens with zero attached hydrogens (tertiary/aromatic N) is 1. The average molecular weight is 257 g/mol. The van der Waals surface area contributed by atoms with E-state index in [1.54, 1.807) is 6.08 Å². The first-order valence-electron chi connectivity index (χ1n) is 3.91. The van der Waals surface area contributed by atoms with Crippen molar-refractivity contribution in [2.24, 2.45) is 0 Å². The van der Waals surface area contributed by atoms with E-state index in [2.05, 4.69) is 15.9 Å². The second-order valence-electron chi connectivity index (χ2n) is 2.63. The molecule has 0 unspecified atom stereocenters. The molecule has 0 aromatic heterocycles. The predicted octanol–water partition coefficient (Wildman–Crippen LogP) is 2.59. The molecule has 0 heterocycles. The molecule has 1 aromatic rings. The van der Waals surface area contributed by atoms with E-state index in [-0.39, 0.29) is 5.69 Å². The van der Waals surface area contributed by atoms with Gasteiger partial charge in [0.1, 0.15) is 0 Å². The molecule has 0 aliphatic heterocycles. The van der Waals surface area contributed by atoms with E-state index >= 15 is 0 Å². The Kier molecular flexibility index (Phi) is 3.64. The van der Waals surface area contributed by atoms with Crippen LogP contribution in [0.25, 0.3) is 6.08 Å². The lowest BCUT2D eigenvalue weighted by molar-refractivity contribution is -0.384. The quantitative estimate of drug-likeness (QED) is 0.391. The van der Waals surface area contributed by atoms with Crippen LogP contribution in [0.2, 0.25) is 0 Å². The van der Waals surface area contributed by atoms with Gasteiger partial charge in [0.2, 0.25) is 0 Å². The molecule has 0 saturated carbocycles. The molecule has 0 saturated heterocycles. The smallest absolute Gasteiger partial charge is 0.270 e. The van der Waals surface area contributed by atoms with Crippen molar-refractivity contribution in [1.29, 1.82) is 0 Å². The third kappa shape index (κ3) is 2.56. The number of nitrogens with two attached hydrogens (primary N) is 1. The van der Waals surface area contributed by atoms with Crippen molar-refractivity contribution in [2.75, 3.05) is 11.1 Å². The molecular formula is C9H9BrN2O2. The standard InChI is InChI=1S/C9H9BrN2O2/c10-5-1-2-7-6-8(12(13)14)3-4-9(7)11/h1-4,6H,5,11H2. The van der Waals surface area contributed by atoms with Gasteiger partial charge in [0.05, 0.1) is 4.92 Å². The van der Waals surface area contributed by atoms with Crippen LogP contribution < -0.4 is 5.73 Å². The first-order chi connectivity index (χ1) is 6.65. The van der Waals surface area contributed by atoms with Crippen LogP contribution in [0.3, 0.4) is 0 Å². The molecule has 1 aromatic carbocycles. The molecule has 0 amide bonds. The summed E-state index contributed by atoms with van der Waals surface area (Å²) in [5, 5.41) is 11.2. The van der Waals surface area contributed by atoms with Crippen molar-refractivity contribution < 1.29 is 4.92 Å². The van der Waals surface area contributed by atoms with Crippen LogP contribution in [0, 0.1) is 10.1 Å². The number of nitrogen functional groups attached to an aromatic ring is 1. The summed E-state index contributed by atoms with van der Waals surface area (Å²) >= 11 is 3.22. The molecule has 74 valence electrons. The SMILES string of the molecule is Nc1ccc([N+](=O)[O-])cc1C=CCBr. The molecule has 2 N–H and O–H groups in total. The van der Waals surface area contributed by atoms with Gasteiger partial charge >= 0.3 is 0 Å². The summed E-state index contributed by atoms with van der Waals surface area (Å²) in [6, 6.07) is 4.38. The summed E-state index contributed by atoms with van der Waals surface area (Å²) in [4.78, 5) is 10.0. The van der Waals surface area contributed by atoms with Gasteiger partial charge in [-0.25, -0.2) is 0 Å². The van der Waals surface area contributed by atoms with Crippen molar-refractivity contribution in [3.05, 3.63) is 40.0 Å². The first-order valence-corrected chi connectivity index (χ1v) is 5.03. The van der Waals surface area contributed by atoms with Crippen molar-refractivity contribution in [2.45, 2.75) is 0 Å². The lowest BCUT2D eigenvalue weighted by Gasteiger charge is -1.99. The number of hydrogen-bond acceptors (Lipinski definition) is 3. The van der Waals surface area contributed by atoms with Crippen LogP contribution >= 0.6 is 15.9 Å². The van der Waals surface area contributed by atoms with E-state index in [1.807, 2.05) is 6.08 Å². The molecule has 0 spiro atoms. The number of hydrogen-bond donors (Lipinski definition) is 1. The molecule has 0 aliphatic carbocycles. The number of halogens is 1. The topological polar surface area (TPSA) is 69.2 Å². The second-order valence-corrected chi connectivity index (χ2v) is 3.27. The Morgan fingerprint density at radius 1 is 1.57 bits per heavy atom. The molecular weight excluding hydrogens is 248 g/mol. The summed E-state index contributed by atoms with van der Waals surface area (Å²) in [6.07, 6.45) is 3.58. The summed E-state index contributed by atoms with van der Waals surface area (Å²) in [5.41, 5.74) is 6.89. The van der Waals surface area contributed by atoms with E-state index < -0.39 is 4.92 Å². The lowest BCUT2D eigenvalue weighted by Crippen LogP contribution is -1.93. The fourth-order valence-corrected chi connectivity index (χ4v) is 1.18. The summed E-state index contributed by atoms with van der Waals surface area (Å²) in [6.45, 7) is 0. The second kappa shape index (κ2) is 4.76. The minimum absolute atomic E-state index is 0.0495. The molecule has 4 nitrogen and oxygen atoms in total. The monoisotopic (exact) mass is 256 g/mol. The zero-order valence-electron chi connectivity index (χ0n) is 7.31. The highest BCUT2D eigenvalue weighted by atomic mass is 79.9. The van der Waals surface area contributed by atoms with E-state index in [0.29, 0.717) is 16.6 Å². The van der Waals surface area contributed by atoms with Gasteiger partial charge in [-0.1, -0.05) is 28.1 Å². The minimum Gasteiger partial charge on any atom is -0.398 e. The van der Waals surface area contributed by atoms with Crippen LogP contribution in [0.4, 0.5) is 11.4 Å². The molecule has 5 heteroatoms. The summed E-state index contributed by atoms with van der Waals surface area (Å²) < 4.78 is 0. The Balaban J connectivity index is 3.08. The molecule has 0 radical (unpaired) electrons. The maximum atomic E-state index is 10.5. The zero-order chi connectivity index (χ0) is 10.6. The number of anilines is 1. The number of non-ortho nitro benzene ring substituents is 1. The molecule has 0 atom stereocenters. The Bertz CT molecular complexity index is 377. The van der Waals surface area contributed by atoms with Gasteiger partial charge in [-0.3, -0.25) is 10.1 Å². The maximum Gasteiger partial charge on any atom is 0.270 e. The largest absolute Gasteiger partial charge is 0.398 e. The fourth-order valence-electron chi connectivity index (χ4n) is 0.992. The third-order valence-corrected chi connectivity index (χ3v) is 2.04. The third-order valence-electron chi connectivity index (χ3n) is 1.67. The Hall–Kier alpha value is -1.36. The van der Waals surface area contributed by atoms with Gasteiger partial charge in [0, 0.05) is 28.7 Å². The number of alkyl halides is 1. The Morgan fingerprint density at radius 3 is 2.86 bits per heavy atom. The molecule has 0 bridgehead atoms. The van der Waals surface area contributed by atoms with E-state index in [9.17, 15) is 10.1 Å². The fraction of sp³-hybridized carbons (Fsp3) is 0.111.